The van der Waals surface area contributed by atoms with Gasteiger partial charge in [0.05, 0.1) is 0 Å². The zero-order chi connectivity index (χ0) is 14.0. The van der Waals surface area contributed by atoms with Gasteiger partial charge in [-0.25, -0.2) is 4.98 Å². The van der Waals surface area contributed by atoms with E-state index < -0.39 is 17.5 Å². The quantitative estimate of drug-likeness (QED) is 0.910. The van der Waals surface area contributed by atoms with Crippen molar-refractivity contribution in [3.05, 3.63) is 11.8 Å². The van der Waals surface area contributed by atoms with Crippen LogP contribution in [0.25, 0.3) is 0 Å². The van der Waals surface area contributed by atoms with E-state index in [-0.39, 0.29) is 11.8 Å². The second-order valence-corrected chi connectivity index (χ2v) is 4.66. The Morgan fingerprint density at radius 2 is 1.83 bits per heavy atom. The number of nitrogens with zero attached hydrogens (tertiary/aromatic N) is 2. The van der Waals surface area contributed by atoms with Gasteiger partial charge in [-0.2, -0.15) is 18.2 Å². The Balaban J connectivity index is 3.14. The van der Waals surface area contributed by atoms with Crippen molar-refractivity contribution in [1.82, 2.24) is 9.97 Å². The van der Waals surface area contributed by atoms with E-state index in [4.69, 9.17) is 4.74 Å². The molecule has 4 nitrogen and oxygen atoms in total. The van der Waals surface area contributed by atoms with Crippen LogP contribution in [-0.4, -0.2) is 22.1 Å². The zero-order valence-corrected chi connectivity index (χ0v) is 10.7. The van der Waals surface area contributed by atoms with Crippen LogP contribution in [0.3, 0.4) is 0 Å². The molecule has 0 fully saturated rings. The van der Waals surface area contributed by atoms with Crippen molar-refractivity contribution < 1.29 is 17.9 Å². The Morgan fingerprint density at radius 3 is 2.28 bits per heavy atom. The van der Waals surface area contributed by atoms with Gasteiger partial charge in [0.15, 0.2) is 5.69 Å². The lowest BCUT2D eigenvalue weighted by Crippen LogP contribution is -2.24. The summed E-state index contributed by atoms with van der Waals surface area (Å²) >= 11 is 0. The zero-order valence-electron chi connectivity index (χ0n) is 10.7. The number of anilines is 1. The highest BCUT2D eigenvalue weighted by atomic mass is 19.4. The van der Waals surface area contributed by atoms with E-state index in [9.17, 15) is 13.2 Å². The minimum atomic E-state index is -4.52. The summed E-state index contributed by atoms with van der Waals surface area (Å²) in [4.78, 5) is 7.27. The van der Waals surface area contributed by atoms with Gasteiger partial charge >= 0.3 is 6.18 Å². The molecule has 0 amide bonds. The molecule has 0 aliphatic carbocycles. The van der Waals surface area contributed by atoms with Gasteiger partial charge in [-0.05, 0) is 27.7 Å². The highest BCUT2D eigenvalue weighted by Gasteiger charge is 2.34. The van der Waals surface area contributed by atoms with Gasteiger partial charge in [-0.15, -0.1) is 0 Å². The molecular weight excluding hydrogens is 247 g/mol. The Kier molecular flexibility index (Phi) is 4.03. The van der Waals surface area contributed by atoms with Crippen molar-refractivity contribution in [1.29, 1.82) is 0 Å². The second-order valence-electron chi connectivity index (χ2n) is 4.66. The predicted octanol–water partition coefficient (Wildman–Crippen LogP) is 3.10. The number of rotatable bonds is 3. The Labute approximate surface area is 104 Å². The molecule has 0 atom stereocenters. The smallest absolute Gasteiger partial charge is 0.433 e. The minimum absolute atomic E-state index is 0.0911. The monoisotopic (exact) mass is 263 g/mol. The fourth-order valence-electron chi connectivity index (χ4n) is 1.17. The molecule has 1 rings (SSSR count). The summed E-state index contributed by atoms with van der Waals surface area (Å²) in [6.45, 7) is 7.37. The van der Waals surface area contributed by atoms with Gasteiger partial charge in [0.2, 0.25) is 11.8 Å². The number of halogens is 3. The molecule has 1 N–H and O–H groups in total. The van der Waals surface area contributed by atoms with E-state index in [2.05, 4.69) is 15.3 Å². The van der Waals surface area contributed by atoms with E-state index >= 15 is 0 Å². The molecule has 0 saturated heterocycles. The summed E-state index contributed by atoms with van der Waals surface area (Å²) in [6.07, 6.45) is -4.52. The molecule has 0 spiro atoms. The summed E-state index contributed by atoms with van der Waals surface area (Å²) in [6, 6.07) is 0.798. The standard InChI is InChI=1S/C11H16F3N3O/c1-5-15-9-16-7(11(12,13)14)6-8(17-9)18-10(2,3)4/h6H,5H2,1-4H3,(H,15,16,17). The summed E-state index contributed by atoms with van der Waals surface area (Å²) < 4.78 is 43.3. The van der Waals surface area contributed by atoms with Crippen molar-refractivity contribution in [2.24, 2.45) is 0 Å². The first-order valence-corrected chi connectivity index (χ1v) is 5.51. The molecule has 102 valence electrons. The summed E-state index contributed by atoms with van der Waals surface area (Å²) in [7, 11) is 0. The van der Waals surface area contributed by atoms with E-state index in [1.165, 1.54) is 0 Å². The Bertz CT molecular complexity index is 413. The first-order chi connectivity index (χ1) is 8.12. The van der Waals surface area contributed by atoms with Gasteiger partial charge < -0.3 is 10.1 Å². The van der Waals surface area contributed by atoms with Gasteiger partial charge in [0, 0.05) is 12.6 Å². The van der Waals surface area contributed by atoms with Crippen molar-refractivity contribution in [3.63, 3.8) is 0 Å². The van der Waals surface area contributed by atoms with Crippen LogP contribution in [0.1, 0.15) is 33.4 Å². The third kappa shape index (κ3) is 4.38. The molecule has 1 aromatic rings. The number of aromatic nitrogens is 2. The number of ether oxygens (including phenoxy) is 1. The molecule has 1 aromatic heterocycles. The molecule has 1 heterocycles. The number of alkyl halides is 3. The normalized spacial score (nSPS) is 12.4. The minimum Gasteiger partial charge on any atom is -0.472 e. The topological polar surface area (TPSA) is 47.0 Å². The van der Waals surface area contributed by atoms with E-state index in [0.29, 0.717) is 6.54 Å². The first kappa shape index (κ1) is 14.5. The van der Waals surface area contributed by atoms with Crippen LogP contribution >= 0.6 is 0 Å². The fourth-order valence-corrected chi connectivity index (χ4v) is 1.17. The summed E-state index contributed by atoms with van der Waals surface area (Å²) in [5.41, 5.74) is -1.64. The molecule has 7 heteroatoms. The fraction of sp³-hybridized carbons (Fsp3) is 0.636. The van der Waals surface area contributed by atoms with Crippen molar-refractivity contribution in [2.75, 3.05) is 11.9 Å². The molecule has 0 aromatic carbocycles. The number of hydrogen-bond acceptors (Lipinski definition) is 4. The van der Waals surface area contributed by atoms with Crippen molar-refractivity contribution in [2.45, 2.75) is 39.5 Å². The molecule has 0 radical (unpaired) electrons. The first-order valence-electron chi connectivity index (χ1n) is 5.51. The molecule has 0 unspecified atom stereocenters. The lowest BCUT2D eigenvalue weighted by molar-refractivity contribution is -0.141. The van der Waals surface area contributed by atoms with Gasteiger partial charge in [-0.1, -0.05) is 0 Å². The molecule has 0 aliphatic heterocycles. The average Bonchev–Trinajstić information content (AvgIpc) is 2.13. The lowest BCUT2D eigenvalue weighted by Gasteiger charge is -2.21. The summed E-state index contributed by atoms with van der Waals surface area (Å²) in [5.74, 6) is -0.188. The summed E-state index contributed by atoms with van der Waals surface area (Å²) in [5, 5.41) is 2.64. The highest BCUT2D eigenvalue weighted by molar-refractivity contribution is 5.32. The maximum Gasteiger partial charge on any atom is 0.433 e. The van der Waals surface area contributed by atoms with Gasteiger partial charge in [0.25, 0.3) is 0 Å². The Hall–Kier alpha value is -1.53. The largest absolute Gasteiger partial charge is 0.472 e. The number of hydrogen-bond donors (Lipinski definition) is 1. The molecule has 0 bridgehead atoms. The molecular formula is C11H16F3N3O. The number of nitrogens with one attached hydrogen (secondary N) is 1. The van der Waals surface area contributed by atoms with Gasteiger partial charge in [0.1, 0.15) is 5.60 Å². The predicted molar refractivity (Wildman–Crippen MR) is 61.6 cm³/mol. The van der Waals surface area contributed by atoms with Crippen LogP contribution in [0.4, 0.5) is 19.1 Å². The van der Waals surface area contributed by atoms with Crippen molar-refractivity contribution in [3.8, 4) is 5.88 Å². The van der Waals surface area contributed by atoms with Crippen LogP contribution in [0.15, 0.2) is 6.07 Å². The maximum absolute atomic E-state index is 12.6. The van der Waals surface area contributed by atoms with Crippen LogP contribution in [0.2, 0.25) is 0 Å². The van der Waals surface area contributed by atoms with Crippen LogP contribution in [-0.2, 0) is 6.18 Å². The maximum atomic E-state index is 12.6. The third-order valence-corrected chi connectivity index (χ3v) is 1.74. The molecule has 18 heavy (non-hydrogen) atoms. The molecule has 0 saturated carbocycles. The molecule has 0 aliphatic rings. The lowest BCUT2D eigenvalue weighted by atomic mass is 10.2. The average molecular weight is 263 g/mol. The van der Waals surface area contributed by atoms with E-state index in [1.54, 1.807) is 27.7 Å². The van der Waals surface area contributed by atoms with E-state index in [0.717, 1.165) is 6.07 Å². The van der Waals surface area contributed by atoms with Crippen molar-refractivity contribution >= 4 is 5.95 Å². The van der Waals surface area contributed by atoms with Crippen LogP contribution in [0.5, 0.6) is 5.88 Å². The second kappa shape index (κ2) is 4.99. The SMILES string of the molecule is CCNc1nc(OC(C)(C)C)cc(C(F)(F)F)n1. The Morgan fingerprint density at radius 1 is 1.22 bits per heavy atom. The van der Waals surface area contributed by atoms with Gasteiger partial charge in [-0.3, -0.25) is 0 Å². The van der Waals surface area contributed by atoms with Crippen LogP contribution in [0, 0.1) is 0 Å². The highest BCUT2D eigenvalue weighted by Crippen LogP contribution is 2.31. The van der Waals surface area contributed by atoms with E-state index in [1.807, 2.05) is 0 Å². The van der Waals surface area contributed by atoms with Crippen LogP contribution < -0.4 is 10.1 Å². The third-order valence-electron chi connectivity index (χ3n) is 1.74.